The Hall–Kier alpha value is -3.26. The predicted molar refractivity (Wildman–Crippen MR) is 126 cm³/mol. The van der Waals surface area contributed by atoms with E-state index in [2.05, 4.69) is 38.2 Å². The molecule has 2 aromatic heterocycles. The summed E-state index contributed by atoms with van der Waals surface area (Å²) in [6, 6.07) is 20.3. The van der Waals surface area contributed by atoms with Gasteiger partial charge in [-0.1, -0.05) is 48.5 Å². The molecule has 0 saturated carbocycles. The number of rotatable bonds is 4. The fourth-order valence-corrected chi connectivity index (χ4v) is 4.87. The Kier molecular flexibility index (Phi) is 4.72. The van der Waals surface area contributed by atoms with Crippen molar-refractivity contribution in [3.05, 3.63) is 73.2 Å². The number of ether oxygens (including phenoxy) is 3. The first-order chi connectivity index (χ1) is 16.0. The van der Waals surface area contributed by atoms with E-state index < -0.39 is 5.79 Å². The Morgan fingerprint density at radius 1 is 0.909 bits per heavy atom. The normalized spacial score (nSPS) is 25.9. The van der Waals surface area contributed by atoms with E-state index in [1.165, 1.54) is 0 Å². The Labute approximate surface area is 192 Å². The standard InChI is InChI=1S/C26H26N4O3/c1-16-21-22(33-26(2,3)32-21)25(31-16)30-14-19(17-10-6-4-7-11-17)20-23(27-15-28-24(20)30)29-18-12-8-5-9-13-18/h4-16,21-22,25H,1-3H3,(H,27,28,29)/t16-,21-,22-,25+/m1/s1. The van der Waals surface area contributed by atoms with Crippen LogP contribution in [0, 0.1) is 0 Å². The molecule has 7 nitrogen and oxygen atoms in total. The number of anilines is 2. The molecule has 4 atom stereocenters. The fourth-order valence-electron chi connectivity index (χ4n) is 4.87. The lowest BCUT2D eigenvalue weighted by molar-refractivity contribution is -0.194. The minimum absolute atomic E-state index is 0.0943. The second-order valence-electron chi connectivity index (χ2n) is 9.02. The Morgan fingerprint density at radius 3 is 2.36 bits per heavy atom. The molecule has 4 aromatic rings. The molecule has 0 aliphatic carbocycles. The van der Waals surface area contributed by atoms with Crippen LogP contribution in [0.1, 0.15) is 27.0 Å². The summed E-state index contributed by atoms with van der Waals surface area (Å²) in [5.41, 5.74) is 3.86. The van der Waals surface area contributed by atoms with Crippen molar-refractivity contribution in [1.82, 2.24) is 14.5 Å². The molecular weight excluding hydrogens is 416 g/mol. The van der Waals surface area contributed by atoms with Crippen LogP contribution < -0.4 is 5.32 Å². The van der Waals surface area contributed by atoms with Gasteiger partial charge in [0.2, 0.25) is 0 Å². The summed E-state index contributed by atoms with van der Waals surface area (Å²) in [5.74, 6) is 0.0987. The lowest BCUT2D eigenvalue weighted by atomic mass is 10.1. The topological polar surface area (TPSA) is 70.4 Å². The minimum Gasteiger partial charge on any atom is -0.349 e. The molecular formula is C26H26N4O3. The average Bonchev–Trinajstić information content (AvgIpc) is 3.45. The summed E-state index contributed by atoms with van der Waals surface area (Å²) in [6.45, 7) is 5.92. The molecule has 6 rings (SSSR count). The van der Waals surface area contributed by atoms with Crippen molar-refractivity contribution in [2.75, 3.05) is 5.32 Å². The monoisotopic (exact) mass is 442 g/mol. The van der Waals surface area contributed by atoms with E-state index in [1.807, 2.05) is 69.3 Å². The number of hydrogen-bond donors (Lipinski definition) is 1. The third-order valence-corrected chi connectivity index (χ3v) is 6.27. The van der Waals surface area contributed by atoms with E-state index in [0.29, 0.717) is 0 Å². The van der Waals surface area contributed by atoms with Crippen molar-refractivity contribution in [1.29, 1.82) is 0 Å². The second-order valence-corrected chi connectivity index (χ2v) is 9.02. The van der Waals surface area contributed by atoms with Gasteiger partial charge >= 0.3 is 0 Å². The number of hydrogen-bond acceptors (Lipinski definition) is 6. The second kappa shape index (κ2) is 7.66. The van der Waals surface area contributed by atoms with Gasteiger partial charge in [-0.3, -0.25) is 0 Å². The highest BCUT2D eigenvalue weighted by Gasteiger charge is 2.54. The number of nitrogens with zero attached hydrogens (tertiary/aromatic N) is 3. The summed E-state index contributed by atoms with van der Waals surface area (Å²) in [7, 11) is 0. The van der Waals surface area contributed by atoms with E-state index in [9.17, 15) is 0 Å². The summed E-state index contributed by atoms with van der Waals surface area (Å²) >= 11 is 0. The highest BCUT2D eigenvalue weighted by Crippen LogP contribution is 2.45. The Balaban J connectivity index is 1.52. The first-order valence-corrected chi connectivity index (χ1v) is 11.2. The molecule has 0 bridgehead atoms. The summed E-state index contributed by atoms with van der Waals surface area (Å²) in [6.07, 6.45) is 2.87. The van der Waals surface area contributed by atoms with Crippen LogP contribution in [-0.2, 0) is 14.2 Å². The van der Waals surface area contributed by atoms with E-state index in [4.69, 9.17) is 14.2 Å². The molecule has 2 aromatic carbocycles. The zero-order chi connectivity index (χ0) is 22.6. The van der Waals surface area contributed by atoms with E-state index in [0.717, 1.165) is 33.7 Å². The van der Waals surface area contributed by atoms with Crippen molar-refractivity contribution in [3.63, 3.8) is 0 Å². The Morgan fingerprint density at radius 2 is 1.61 bits per heavy atom. The molecule has 33 heavy (non-hydrogen) atoms. The van der Waals surface area contributed by atoms with Crippen LogP contribution in [0.25, 0.3) is 22.2 Å². The van der Waals surface area contributed by atoms with Gasteiger partial charge in [0.15, 0.2) is 12.0 Å². The quantitative estimate of drug-likeness (QED) is 0.464. The molecule has 2 fully saturated rings. The lowest BCUT2D eigenvalue weighted by Crippen LogP contribution is -2.27. The SMILES string of the molecule is C[C@H]1O[C@H](n2cc(-c3ccccc3)c3c(Nc4ccccc4)ncnc32)[C@@H]2OC(C)(C)O[C@@H]21. The van der Waals surface area contributed by atoms with Crippen molar-refractivity contribution in [3.8, 4) is 11.1 Å². The number of aromatic nitrogens is 3. The fraction of sp³-hybridized carbons (Fsp3) is 0.308. The molecule has 2 saturated heterocycles. The third kappa shape index (κ3) is 3.49. The zero-order valence-corrected chi connectivity index (χ0v) is 18.8. The zero-order valence-electron chi connectivity index (χ0n) is 18.8. The highest BCUT2D eigenvalue weighted by atomic mass is 16.8. The molecule has 0 radical (unpaired) electrons. The molecule has 4 heterocycles. The molecule has 0 unspecified atom stereocenters. The molecule has 0 spiro atoms. The van der Waals surface area contributed by atoms with Crippen LogP contribution in [0.4, 0.5) is 11.5 Å². The van der Waals surface area contributed by atoms with Gasteiger partial charge in [0.25, 0.3) is 0 Å². The predicted octanol–water partition coefficient (Wildman–Crippen LogP) is 5.28. The summed E-state index contributed by atoms with van der Waals surface area (Å²) < 4.78 is 20.8. The maximum Gasteiger partial charge on any atom is 0.164 e. The summed E-state index contributed by atoms with van der Waals surface area (Å²) in [4.78, 5) is 9.29. The van der Waals surface area contributed by atoms with Crippen molar-refractivity contribution < 1.29 is 14.2 Å². The molecule has 0 amide bonds. The van der Waals surface area contributed by atoms with E-state index in [-0.39, 0.29) is 24.5 Å². The maximum atomic E-state index is 6.36. The van der Waals surface area contributed by atoms with Gasteiger partial charge in [-0.2, -0.15) is 0 Å². The van der Waals surface area contributed by atoms with Gasteiger partial charge in [0.1, 0.15) is 30.0 Å². The number of benzene rings is 2. The minimum atomic E-state index is -0.647. The summed E-state index contributed by atoms with van der Waals surface area (Å²) in [5, 5.41) is 4.40. The van der Waals surface area contributed by atoms with E-state index >= 15 is 0 Å². The average molecular weight is 443 g/mol. The first-order valence-electron chi connectivity index (χ1n) is 11.2. The van der Waals surface area contributed by atoms with Crippen molar-refractivity contribution >= 4 is 22.5 Å². The van der Waals surface area contributed by atoms with Gasteiger partial charge in [0, 0.05) is 17.4 Å². The molecule has 1 N–H and O–H groups in total. The Bertz CT molecular complexity index is 1290. The number of fused-ring (bicyclic) bond motifs is 2. The van der Waals surface area contributed by atoms with Crippen molar-refractivity contribution in [2.24, 2.45) is 0 Å². The molecule has 2 aliphatic heterocycles. The number of nitrogens with one attached hydrogen (secondary N) is 1. The van der Waals surface area contributed by atoms with Crippen LogP contribution in [0.5, 0.6) is 0 Å². The number of para-hydroxylation sites is 1. The molecule has 168 valence electrons. The molecule has 7 heteroatoms. The van der Waals surface area contributed by atoms with Gasteiger partial charge in [-0.25, -0.2) is 9.97 Å². The van der Waals surface area contributed by atoms with Gasteiger partial charge in [0.05, 0.1) is 11.5 Å². The van der Waals surface area contributed by atoms with E-state index in [1.54, 1.807) is 6.33 Å². The van der Waals surface area contributed by atoms with Crippen LogP contribution in [0.3, 0.4) is 0 Å². The van der Waals surface area contributed by atoms with Gasteiger partial charge in [-0.15, -0.1) is 0 Å². The smallest absolute Gasteiger partial charge is 0.164 e. The third-order valence-electron chi connectivity index (χ3n) is 6.27. The maximum absolute atomic E-state index is 6.36. The first kappa shape index (κ1) is 20.4. The highest BCUT2D eigenvalue weighted by molar-refractivity contribution is 6.02. The van der Waals surface area contributed by atoms with Gasteiger partial charge < -0.3 is 24.1 Å². The largest absolute Gasteiger partial charge is 0.349 e. The van der Waals surface area contributed by atoms with Crippen LogP contribution >= 0.6 is 0 Å². The van der Waals surface area contributed by atoms with Crippen LogP contribution in [0.2, 0.25) is 0 Å². The van der Waals surface area contributed by atoms with Crippen LogP contribution in [0.15, 0.2) is 73.2 Å². The lowest BCUT2D eigenvalue weighted by Gasteiger charge is -2.24. The molecule has 2 aliphatic rings. The van der Waals surface area contributed by atoms with Gasteiger partial charge in [-0.05, 0) is 38.5 Å². The van der Waals surface area contributed by atoms with Crippen LogP contribution in [-0.4, -0.2) is 38.6 Å². The van der Waals surface area contributed by atoms with Crippen molar-refractivity contribution in [2.45, 2.75) is 51.1 Å².